The van der Waals surface area contributed by atoms with Gasteiger partial charge in [-0.15, -0.1) is 0 Å². The first kappa shape index (κ1) is 25.4. The molecule has 0 saturated heterocycles. The molecule has 0 radical (unpaired) electrons. The zero-order valence-corrected chi connectivity index (χ0v) is 20.5. The summed E-state index contributed by atoms with van der Waals surface area (Å²) in [5.74, 6) is -3.47. The highest BCUT2D eigenvalue weighted by molar-refractivity contribution is 7.86. The lowest BCUT2D eigenvalue weighted by Gasteiger charge is -2.36. The monoisotopic (exact) mass is 519 g/mol. The van der Waals surface area contributed by atoms with Crippen molar-refractivity contribution in [1.29, 1.82) is 5.26 Å². The first-order chi connectivity index (χ1) is 17.6. The highest BCUT2D eigenvalue weighted by Gasteiger charge is 2.44. The van der Waals surface area contributed by atoms with E-state index in [4.69, 9.17) is 15.2 Å². The minimum absolute atomic E-state index is 0.128. The SMILES string of the molecule is COC(=O)C1=C(C(=O)OC)N(c2ccc3ccccc3c2S(=O)(=O)O)C(N)=C(C#N)C1c1ccccc1. The highest BCUT2D eigenvalue weighted by Crippen LogP contribution is 2.45. The third-order valence-electron chi connectivity index (χ3n) is 5.97. The number of benzene rings is 3. The number of fused-ring (bicyclic) bond motifs is 1. The van der Waals surface area contributed by atoms with Gasteiger partial charge >= 0.3 is 11.9 Å². The van der Waals surface area contributed by atoms with Crippen molar-refractivity contribution in [3.8, 4) is 6.07 Å². The summed E-state index contributed by atoms with van der Waals surface area (Å²) in [6.07, 6.45) is 0. The van der Waals surface area contributed by atoms with Crippen LogP contribution in [0, 0.1) is 11.3 Å². The number of rotatable bonds is 5. The van der Waals surface area contributed by atoms with Crippen molar-refractivity contribution >= 4 is 38.5 Å². The molecule has 3 N–H and O–H groups in total. The minimum Gasteiger partial charge on any atom is -0.466 e. The van der Waals surface area contributed by atoms with Gasteiger partial charge in [-0.25, -0.2) is 9.59 Å². The third-order valence-corrected chi connectivity index (χ3v) is 6.91. The molecular weight excluding hydrogens is 498 g/mol. The summed E-state index contributed by atoms with van der Waals surface area (Å²) >= 11 is 0. The van der Waals surface area contributed by atoms with E-state index >= 15 is 0 Å². The van der Waals surface area contributed by atoms with Gasteiger partial charge in [0.05, 0.1) is 43.0 Å². The van der Waals surface area contributed by atoms with Gasteiger partial charge in [-0.05, 0) is 17.0 Å². The highest BCUT2D eigenvalue weighted by atomic mass is 32.2. The number of anilines is 1. The van der Waals surface area contributed by atoms with Crippen LogP contribution in [0.3, 0.4) is 0 Å². The van der Waals surface area contributed by atoms with Crippen LogP contribution in [-0.4, -0.2) is 39.1 Å². The lowest BCUT2D eigenvalue weighted by Crippen LogP contribution is -2.41. The maximum Gasteiger partial charge on any atom is 0.355 e. The molecule has 10 nitrogen and oxygen atoms in total. The van der Waals surface area contributed by atoms with E-state index in [0.29, 0.717) is 10.9 Å². The second-order valence-corrected chi connectivity index (χ2v) is 9.30. The van der Waals surface area contributed by atoms with E-state index < -0.39 is 38.6 Å². The Hall–Kier alpha value is -4.66. The summed E-state index contributed by atoms with van der Waals surface area (Å²) in [5.41, 5.74) is 5.75. The molecule has 4 rings (SSSR count). The molecule has 3 aromatic carbocycles. The van der Waals surface area contributed by atoms with Crippen LogP contribution in [0.25, 0.3) is 10.8 Å². The molecule has 3 aromatic rings. The quantitative estimate of drug-likeness (QED) is 0.379. The zero-order chi connectivity index (χ0) is 26.9. The summed E-state index contributed by atoms with van der Waals surface area (Å²) in [6.45, 7) is 0. The zero-order valence-electron chi connectivity index (χ0n) is 19.7. The van der Waals surface area contributed by atoms with Gasteiger partial charge in [-0.2, -0.15) is 13.7 Å². The Morgan fingerprint density at radius 2 is 1.59 bits per heavy atom. The van der Waals surface area contributed by atoms with Crippen molar-refractivity contribution in [3.63, 3.8) is 0 Å². The van der Waals surface area contributed by atoms with E-state index in [2.05, 4.69) is 0 Å². The molecule has 1 unspecified atom stereocenters. The van der Waals surface area contributed by atoms with E-state index in [1.807, 2.05) is 6.07 Å². The van der Waals surface area contributed by atoms with Crippen LogP contribution in [0.1, 0.15) is 11.5 Å². The molecule has 1 atom stereocenters. The molecule has 1 aliphatic heterocycles. The van der Waals surface area contributed by atoms with Crippen molar-refractivity contribution in [2.24, 2.45) is 5.73 Å². The fourth-order valence-corrected chi connectivity index (χ4v) is 5.33. The Morgan fingerprint density at radius 1 is 0.973 bits per heavy atom. The molecule has 0 aliphatic carbocycles. The maximum atomic E-state index is 13.2. The number of allylic oxidation sites excluding steroid dienone is 1. The first-order valence-corrected chi connectivity index (χ1v) is 12.2. The summed E-state index contributed by atoms with van der Waals surface area (Å²) < 4.78 is 45.5. The van der Waals surface area contributed by atoms with Crippen LogP contribution in [0.5, 0.6) is 0 Å². The van der Waals surface area contributed by atoms with Crippen LogP contribution in [0.15, 0.2) is 94.3 Å². The molecule has 0 aromatic heterocycles. The molecule has 188 valence electrons. The van der Waals surface area contributed by atoms with Crippen molar-refractivity contribution in [1.82, 2.24) is 0 Å². The van der Waals surface area contributed by atoms with Gasteiger partial charge in [0.15, 0.2) is 0 Å². The molecule has 0 spiro atoms. The smallest absolute Gasteiger partial charge is 0.355 e. The van der Waals surface area contributed by atoms with Crippen LogP contribution in [0.2, 0.25) is 0 Å². The summed E-state index contributed by atoms with van der Waals surface area (Å²) in [4.78, 5) is 26.7. The summed E-state index contributed by atoms with van der Waals surface area (Å²) in [7, 11) is -2.74. The van der Waals surface area contributed by atoms with Crippen LogP contribution >= 0.6 is 0 Å². The number of nitrogens with zero attached hydrogens (tertiary/aromatic N) is 2. The number of hydrogen-bond donors (Lipinski definition) is 2. The molecule has 1 aliphatic rings. The van der Waals surface area contributed by atoms with Crippen molar-refractivity contribution in [2.75, 3.05) is 19.1 Å². The van der Waals surface area contributed by atoms with Gasteiger partial charge in [-0.1, -0.05) is 60.7 Å². The van der Waals surface area contributed by atoms with E-state index in [1.165, 1.54) is 12.1 Å². The minimum atomic E-state index is -4.92. The number of carbonyl (C=O) groups is 2. The maximum absolute atomic E-state index is 13.2. The molecule has 0 saturated carbocycles. The number of carbonyl (C=O) groups excluding carboxylic acids is 2. The van der Waals surface area contributed by atoms with Gasteiger partial charge in [0.2, 0.25) is 0 Å². The van der Waals surface area contributed by atoms with Crippen LogP contribution in [-0.2, 0) is 29.2 Å². The first-order valence-electron chi connectivity index (χ1n) is 10.8. The average Bonchev–Trinajstić information content (AvgIpc) is 2.90. The Bertz CT molecular complexity index is 1640. The van der Waals surface area contributed by atoms with E-state index in [9.17, 15) is 27.8 Å². The lowest BCUT2D eigenvalue weighted by atomic mass is 9.81. The van der Waals surface area contributed by atoms with Crippen LogP contribution in [0.4, 0.5) is 5.69 Å². The number of esters is 2. The van der Waals surface area contributed by atoms with Gasteiger partial charge in [0.1, 0.15) is 16.4 Å². The molecule has 11 heteroatoms. The Balaban J connectivity index is 2.19. The third kappa shape index (κ3) is 4.29. The molecule has 0 bridgehead atoms. The van der Waals surface area contributed by atoms with Crippen molar-refractivity contribution < 1.29 is 32.0 Å². The predicted molar refractivity (Wildman–Crippen MR) is 133 cm³/mol. The summed E-state index contributed by atoms with van der Waals surface area (Å²) in [5, 5.41) is 10.7. The van der Waals surface area contributed by atoms with Gasteiger partial charge in [-0.3, -0.25) is 9.45 Å². The second kappa shape index (κ2) is 9.77. The topological polar surface area (TPSA) is 160 Å². The number of nitriles is 1. The lowest BCUT2D eigenvalue weighted by molar-refractivity contribution is -0.139. The van der Waals surface area contributed by atoms with E-state index in [0.717, 1.165) is 19.1 Å². The van der Waals surface area contributed by atoms with Crippen molar-refractivity contribution in [2.45, 2.75) is 10.8 Å². The second-order valence-electron chi connectivity index (χ2n) is 7.95. The number of methoxy groups -OCH3 is 2. The molecule has 0 fully saturated rings. The molecule has 1 heterocycles. The molecular formula is C26H21N3O7S. The normalized spacial score (nSPS) is 15.9. The largest absolute Gasteiger partial charge is 0.466 e. The van der Waals surface area contributed by atoms with E-state index in [1.54, 1.807) is 54.6 Å². The number of hydrogen-bond acceptors (Lipinski definition) is 9. The van der Waals surface area contributed by atoms with Crippen LogP contribution < -0.4 is 10.6 Å². The average molecular weight is 520 g/mol. The number of ether oxygens (including phenoxy) is 2. The molecule has 0 amide bonds. The number of nitrogens with two attached hydrogens (primary N) is 1. The van der Waals surface area contributed by atoms with Gasteiger partial charge in [0, 0.05) is 5.39 Å². The summed E-state index contributed by atoms with van der Waals surface area (Å²) in [6, 6.07) is 19.6. The fraction of sp³-hybridized carbons (Fsp3) is 0.115. The standard InChI is InChI=1S/C26H21N3O7S/c1-35-25(30)21-20(16-9-4-3-5-10-16)18(14-27)24(28)29(22(21)26(31)36-2)19-13-12-15-8-6-7-11-17(15)23(19)37(32,33)34/h3-13,20H,28H2,1-2H3,(H,32,33,34). The molecule has 37 heavy (non-hydrogen) atoms. The Kier molecular flexibility index (Phi) is 6.72. The van der Waals surface area contributed by atoms with Gasteiger partial charge < -0.3 is 15.2 Å². The fourth-order valence-electron chi connectivity index (χ4n) is 4.44. The Labute approximate surface area is 212 Å². The predicted octanol–water partition coefficient (Wildman–Crippen LogP) is 2.98. The van der Waals surface area contributed by atoms with Crippen molar-refractivity contribution in [3.05, 3.63) is 95.0 Å². The van der Waals surface area contributed by atoms with Gasteiger partial charge in [0.25, 0.3) is 10.1 Å². The van der Waals surface area contributed by atoms with E-state index in [-0.39, 0.29) is 28.0 Å². The Morgan fingerprint density at radius 3 is 2.19 bits per heavy atom.